The number of carbonyl (C=O) groups is 1. The lowest BCUT2D eigenvalue weighted by Gasteiger charge is -2.36. The lowest BCUT2D eigenvalue weighted by molar-refractivity contribution is 0.0743. The summed E-state index contributed by atoms with van der Waals surface area (Å²) in [6.07, 6.45) is 0. The fraction of sp³-hybridized carbons (Fsp3) is 0.316. The van der Waals surface area contributed by atoms with Crippen LogP contribution >= 0.6 is 11.6 Å². The van der Waals surface area contributed by atoms with Gasteiger partial charge in [0, 0.05) is 36.9 Å². The second-order valence-electron chi connectivity index (χ2n) is 5.83. The molecule has 6 heteroatoms. The minimum atomic E-state index is -0.0403. The second kappa shape index (κ2) is 7.66. The van der Waals surface area contributed by atoms with E-state index in [1.54, 1.807) is 32.4 Å². The Bertz CT molecular complexity index is 758. The first-order valence-corrected chi connectivity index (χ1v) is 8.52. The Labute approximate surface area is 152 Å². The second-order valence-corrected chi connectivity index (χ2v) is 6.26. The summed E-state index contributed by atoms with van der Waals surface area (Å²) in [6.45, 7) is 2.81. The molecule has 1 aliphatic rings. The van der Waals surface area contributed by atoms with Gasteiger partial charge in [0.15, 0.2) is 0 Å². The SMILES string of the molecule is COc1ccc(OC)c(C(=O)N2CCN(c3cccc(Cl)c3)CC2)c1. The lowest BCUT2D eigenvalue weighted by atomic mass is 10.1. The Morgan fingerprint density at radius 3 is 2.40 bits per heavy atom. The number of ether oxygens (including phenoxy) is 2. The van der Waals surface area contributed by atoms with Crippen molar-refractivity contribution in [2.75, 3.05) is 45.3 Å². The molecule has 1 amide bonds. The third-order valence-electron chi connectivity index (χ3n) is 4.38. The number of nitrogens with zero attached hydrogens (tertiary/aromatic N) is 2. The van der Waals surface area contributed by atoms with Gasteiger partial charge in [-0.25, -0.2) is 0 Å². The highest BCUT2D eigenvalue weighted by Crippen LogP contribution is 2.26. The molecule has 0 N–H and O–H groups in total. The van der Waals surface area contributed by atoms with Gasteiger partial charge < -0.3 is 19.3 Å². The molecule has 0 aromatic heterocycles. The van der Waals surface area contributed by atoms with Gasteiger partial charge in [0.1, 0.15) is 11.5 Å². The van der Waals surface area contributed by atoms with E-state index >= 15 is 0 Å². The van der Waals surface area contributed by atoms with Crippen LogP contribution in [0.1, 0.15) is 10.4 Å². The van der Waals surface area contributed by atoms with Crippen LogP contribution in [0.15, 0.2) is 42.5 Å². The fourth-order valence-corrected chi connectivity index (χ4v) is 3.18. The zero-order chi connectivity index (χ0) is 17.8. The van der Waals surface area contributed by atoms with Gasteiger partial charge in [-0.1, -0.05) is 17.7 Å². The maximum absolute atomic E-state index is 12.9. The third-order valence-corrected chi connectivity index (χ3v) is 4.61. The van der Waals surface area contributed by atoms with Gasteiger partial charge >= 0.3 is 0 Å². The number of hydrogen-bond donors (Lipinski definition) is 0. The van der Waals surface area contributed by atoms with Crippen LogP contribution in [0.2, 0.25) is 5.02 Å². The Kier molecular flexibility index (Phi) is 5.34. The number of amides is 1. The topological polar surface area (TPSA) is 42.0 Å². The summed E-state index contributed by atoms with van der Waals surface area (Å²) >= 11 is 6.07. The smallest absolute Gasteiger partial charge is 0.257 e. The van der Waals surface area contributed by atoms with Crippen molar-refractivity contribution in [1.29, 1.82) is 0 Å². The number of halogens is 1. The molecule has 1 aliphatic heterocycles. The minimum Gasteiger partial charge on any atom is -0.497 e. The van der Waals surface area contributed by atoms with E-state index in [4.69, 9.17) is 21.1 Å². The molecule has 132 valence electrons. The number of methoxy groups -OCH3 is 2. The Morgan fingerprint density at radius 2 is 1.76 bits per heavy atom. The van der Waals surface area contributed by atoms with E-state index < -0.39 is 0 Å². The molecule has 2 aromatic rings. The van der Waals surface area contributed by atoms with E-state index in [2.05, 4.69) is 4.90 Å². The average Bonchev–Trinajstić information content (AvgIpc) is 2.67. The largest absolute Gasteiger partial charge is 0.497 e. The normalized spacial score (nSPS) is 14.4. The van der Waals surface area contributed by atoms with Gasteiger partial charge in [-0.05, 0) is 36.4 Å². The van der Waals surface area contributed by atoms with E-state index in [1.165, 1.54) is 0 Å². The summed E-state index contributed by atoms with van der Waals surface area (Å²) < 4.78 is 10.6. The van der Waals surface area contributed by atoms with Gasteiger partial charge in [-0.3, -0.25) is 4.79 Å². The molecule has 2 aromatic carbocycles. The Balaban J connectivity index is 1.71. The molecule has 1 heterocycles. The highest BCUT2D eigenvalue weighted by Gasteiger charge is 2.25. The van der Waals surface area contributed by atoms with Gasteiger partial charge in [0.05, 0.1) is 19.8 Å². The first-order chi connectivity index (χ1) is 12.1. The first kappa shape index (κ1) is 17.4. The summed E-state index contributed by atoms with van der Waals surface area (Å²) in [5.74, 6) is 1.16. The quantitative estimate of drug-likeness (QED) is 0.838. The molecule has 0 radical (unpaired) electrons. The molecule has 3 rings (SSSR count). The number of hydrogen-bond acceptors (Lipinski definition) is 4. The maximum Gasteiger partial charge on any atom is 0.257 e. The number of piperazine rings is 1. The van der Waals surface area contributed by atoms with E-state index in [1.807, 2.05) is 29.2 Å². The molecule has 1 saturated heterocycles. The van der Waals surface area contributed by atoms with E-state index in [0.717, 1.165) is 23.8 Å². The van der Waals surface area contributed by atoms with E-state index in [-0.39, 0.29) is 5.91 Å². The van der Waals surface area contributed by atoms with Gasteiger partial charge in [0.25, 0.3) is 5.91 Å². The van der Waals surface area contributed by atoms with Crippen molar-refractivity contribution in [3.8, 4) is 11.5 Å². The van der Waals surface area contributed by atoms with Crippen LogP contribution in [0.4, 0.5) is 5.69 Å². The zero-order valence-electron chi connectivity index (χ0n) is 14.4. The molecule has 1 fully saturated rings. The summed E-state index contributed by atoms with van der Waals surface area (Å²) in [5, 5.41) is 0.720. The molecule has 5 nitrogen and oxygen atoms in total. The van der Waals surface area contributed by atoms with Gasteiger partial charge in [-0.2, -0.15) is 0 Å². The molecule has 0 spiro atoms. The first-order valence-electron chi connectivity index (χ1n) is 8.14. The van der Waals surface area contributed by atoms with Crippen molar-refractivity contribution in [1.82, 2.24) is 4.90 Å². The van der Waals surface area contributed by atoms with Crippen molar-refractivity contribution in [3.05, 3.63) is 53.1 Å². The lowest BCUT2D eigenvalue weighted by Crippen LogP contribution is -2.48. The van der Waals surface area contributed by atoms with Crippen molar-refractivity contribution >= 4 is 23.2 Å². The molecule has 0 aliphatic carbocycles. The van der Waals surface area contributed by atoms with Gasteiger partial charge in [0.2, 0.25) is 0 Å². The average molecular weight is 361 g/mol. The zero-order valence-corrected chi connectivity index (χ0v) is 15.1. The molecule has 0 bridgehead atoms. The fourth-order valence-electron chi connectivity index (χ4n) is 2.99. The monoisotopic (exact) mass is 360 g/mol. The molecule has 25 heavy (non-hydrogen) atoms. The van der Waals surface area contributed by atoms with Crippen molar-refractivity contribution < 1.29 is 14.3 Å². The highest BCUT2D eigenvalue weighted by molar-refractivity contribution is 6.30. The van der Waals surface area contributed by atoms with Crippen molar-refractivity contribution in [2.24, 2.45) is 0 Å². The van der Waals surface area contributed by atoms with E-state index in [9.17, 15) is 4.79 Å². The number of anilines is 1. The van der Waals surface area contributed by atoms with Crippen molar-refractivity contribution in [3.63, 3.8) is 0 Å². The summed E-state index contributed by atoms with van der Waals surface area (Å²) in [6, 6.07) is 13.1. The molecule has 0 unspecified atom stereocenters. The standard InChI is InChI=1S/C19H21ClN2O3/c1-24-16-6-7-18(25-2)17(13-16)19(23)22-10-8-21(9-11-22)15-5-3-4-14(20)12-15/h3-7,12-13H,8-11H2,1-2H3. The predicted molar refractivity (Wildman–Crippen MR) is 99.1 cm³/mol. The van der Waals surface area contributed by atoms with Crippen LogP contribution in [0, 0.1) is 0 Å². The highest BCUT2D eigenvalue weighted by atomic mass is 35.5. The maximum atomic E-state index is 12.9. The van der Waals surface area contributed by atoms with Crippen molar-refractivity contribution in [2.45, 2.75) is 0 Å². The summed E-state index contributed by atoms with van der Waals surface area (Å²) in [7, 11) is 3.15. The van der Waals surface area contributed by atoms with Crippen LogP contribution in [0.5, 0.6) is 11.5 Å². The Morgan fingerprint density at radius 1 is 1.00 bits per heavy atom. The van der Waals surface area contributed by atoms with Crippen LogP contribution in [-0.4, -0.2) is 51.2 Å². The summed E-state index contributed by atoms with van der Waals surface area (Å²) in [5.41, 5.74) is 1.61. The molecule has 0 saturated carbocycles. The Hall–Kier alpha value is -2.40. The van der Waals surface area contributed by atoms with Crippen LogP contribution in [0.25, 0.3) is 0 Å². The third kappa shape index (κ3) is 3.82. The van der Waals surface area contributed by atoms with Crippen LogP contribution < -0.4 is 14.4 Å². The number of carbonyl (C=O) groups excluding carboxylic acids is 1. The van der Waals surface area contributed by atoms with Gasteiger partial charge in [-0.15, -0.1) is 0 Å². The molecular formula is C19H21ClN2O3. The van der Waals surface area contributed by atoms with Crippen LogP contribution in [-0.2, 0) is 0 Å². The number of rotatable bonds is 4. The molecular weight excluding hydrogens is 340 g/mol. The summed E-state index contributed by atoms with van der Waals surface area (Å²) in [4.78, 5) is 17.0. The predicted octanol–water partition coefficient (Wildman–Crippen LogP) is 3.32. The van der Waals surface area contributed by atoms with E-state index in [0.29, 0.717) is 30.2 Å². The number of benzene rings is 2. The minimum absolute atomic E-state index is 0.0403. The van der Waals surface area contributed by atoms with Crippen LogP contribution in [0.3, 0.4) is 0 Å². The molecule has 0 atom stereocenters.